The molecule has 0 saturated carbocycles. The lowest BCUT2D eigenvalue weighted by atomic mass is 9.99. The van der Waals surface area contributed by atoms with Crippen LogP contribution in [0, 0.1) is 0 Å². The van der Waals surface area contributed by atoms with E-state index in [-0.39, 0.29) is 6.04 Å². The highest BCUT2D eigenvalue weighted by Gasteiger charge is 2.18. The van der Waals surface area contributed by atoms with Crippen molar-refractivity contribution >= 4 is 15.9 Å². The lowest BCUT2D eigenvalue weighted by Crippen LogP contribution is -2.23. The van der Waals surface area contributed by atoms with Crippen molar-refractivity contribution in [3.05, 3.63) is 27.7 Å². The molecule has 1 atom stereocenters. The van der Waals surface area contributed by atoms with Crippen LogP contribution in [0.25, 0.3) is 0 Å². The highest BCUT2D eigenvalue weighted by atomic mass is 79.9. The highest BCUT2D eigenvalue weighted by molar-refractivity contribution is 9.10. The monoisotopic (exact) mass is 327 g/mol. The van der Waals surface area contributed by atoms with Crippen molar-refractivity contribution in [1.29, 1.82) is 0 Å². The first kappa shape index (κ1) is 14.8. The van der Waals surface area contributed by atoms with Gasteiger partial charge in [0.05, 0.1) is 6.61 Å². The summed E-state index contributed by atoms with van der Waals surface area (Å²) in [5, 5.41) is 0. The smallest absolute Gasteiger partial charge is 0.125 e. The molecule has 1 aromatic carbocycles. The van der Waals surface area contributed by atoms with E-state index in [0.717, 1.165) is 55.7 Å². The summed E-state index contributed by atoms with van der Waals surface area (Å²) in [6.07, 6.45) is 3.88. The molecule has 1 unspecified atom stereocenters. The molecule has 19 heavy (non-hydrogen) atoms. The molecule has 0 fully saturated rings. The van der Waals surface area contributed by atoms with Gasteiger partial charge in [0.15, 0.2) is 0 Å². The Labute approximate surface area is 123 Å². The minimum atomic E-state index is 0.169. The van der Waals surface area contributed by atoms with E-state index in [9.17, 15) is 0 Å². The van der Waals surface area contributed by atoms with Gasteiger partial charge in [-0.15, -0.1) is 0 Å². The van der Waals surface area contributed by atoms with E-state index in [1.54, 1.807) is 0 Å². The predicted molar refractivity (Wildman–Crippen MR) is 80.7 cm³/mol. The maximum atomic E-state index is 6.21. The third-order valence-electron chi connectivity index (χ3n) is 3.38. The standard InChI is InChI=1S/C15H22BrNO2/c1-2-18-6-3-4-14(17)10-12-9-13(16)8-11-5-7-19-15(11)12/h8-9,14H,2-7,10,17H2,1H3. The van der Waals surface area contributed by atoms with Gasteiger partial charge in [-0.25, -0.2) is 0 Å². The van der Waals surface area contributed by atoms with Gasteiger partial charge in [0, 0.05) is 30.1 Å². The van der Waals surface area contributed by atoms with Crippen LogP contribution in [0.15, 0.2) is 16.6 Å². The van der Waals surface area contributed by atoms with Crippen molar-refractivity contribution in [2.45, 2.75) is 38.6 Å². The van der Waals surface area contributed by atoms with Crippen molar-refractivity contribution < 1.29 is 9.47 Å². The number of hydrogen-bond acceptors (Lipinski definition) is 3. The largest absolute Gasteiger partial charge is 0.493 e. The van der Waals surface area contributed by atoms with Gasteiger partial charge in [0.2, 0.25) is 0 Å². The van der Waals surface area contributed by atoms with Crippen LogP contribution in [0.3, 0.4) is 0 Å². The van der Waals surface area contributed by atoms with Crippen LogP contribution in [0.5, 0.6) is 5.75 Å². The first-order valence-corrected chi connectivity index (χ1v) is 7.77. The summed E-state index contributed by atoms with van der Waals surface area (Å²) in [6.45, 7) is 4.39. The summed E-state index contributed by atoms with van der Waals surface area (Å²) < 4.78 is 12.2. The normalized spacial score (nSPS) is 15.1. The average molecular weight is 328 g/mol. The lowest BCUT2D eigenvalue weighted by Gasteiger charge is -2.14. The third-order valence-corrected chi connectivity index (χ3v) is 3.83. The Morgan fingerprint density at radius 1 is 1.47 bits per heavy atom. The Kier molecular flexibility index (Phi) is 5.67. The van der Waals surface area contributed by atoms with Crippen LogP contribution in [0.2, 0.25) is 0 Å². The van der Waals surface area contributed by atoms with Crippen LogP contribution < -0.4 is 10.5 Å². The SMILES string of the molecule is CCOCCCC(N)Cc1cc(Br)cc2c1OCC2. The molecule has 0 radical (unpaired) electrons. The number of benzene rings is 1. The van der Waals surface area contributed by atoms with Crippen LogP contribution in [0.1, 0.15) is 30.9 Å². The van der Waals surface area contributed by atoms with E-state index in [4.69, 9.17) is 15.2 Å². The molecule has 0 bridgehead atoms. The molecule has 0 aromatic heterocycles. The number of ether oxygens (including phenoxy) is 2. The zero-order valence-corrected chi connectivity index (χ0v) is 13.0. The molecule has 0 saturated heterocycles. The Bertz CT molecular complexity index is 423. The molecule has 0 aliphatic carbocycles. The summed E-state index contributed by atoms with van der Waals surface area (Å²) in [5.41, 5.74) is 8.73. The maximum absolute atomic E-state index is 6.21. The molecule has 2 N–H and O–H groups in total. The number of rotatable bonds is 7. The van der Waals surface area contributed by atoms with Gasteiger partial charge in [0.1, 0.15) is 5.75 Å². The number of nitrogens with two attached hydrogens (primary N) is 1. The van der Waals surface area contributed by atoms with Crippen molar-refractivity contribution in [3.8, 4) is 5.75 Å². The molecule has 3 nitrogen and oxygen atoms in total. The van der Waals surface area contributed by atoms with E-state index in [1.807, 2.05) is 6.92 Å². The second-order valence-corrected chi connectivity index (χ2v) is 5.87. The van der Waals surface area contributed by atoms with Gasteiger partial charge in [-0.2, -0.15) is 0 Å². The molecular formula is C15H22BrNO2. The van der Waals surface area contributed by atoms with Gasteiger partial charge in [0.25, 0.3) is 0 Å². The first-order chi connectivity index (χ1) is 9.20. The van der Waals surface area contributed by atoms with E-state index >= 15 is 0 Å². The summed E-state index contributed by atoms with van der Waals surface area (Å²) in [7, 11) is 0. The fraction of sp³-hybridized carbons (Fsp3) is 0.600. The highest BCUT2D eigenvalue weighted by Crippen LogP contribution is 2.33. The molecule has 2 rings (SSSR count). The molecule has 1 aliphatic heterocycles. The van der Waals surface area contributed by atoms with Crippen LogP contribution in [0.4, 0.5) is 0 Å². The number of halogens is 1. The van der Waals surface area contributed by atoms with Crippen molar-refractivity contribution in [2.24, 2.45) is 5.73 Å². The molecule has 1 heterocycles. The quantitative estimate of drug-likeness (QED) is 0.783. The molecule has 1 aliphatic rings. The fourth-order valence-corrected chi connectivity index (χ4v) is 3.03. The van der Waals surface area contributed by atoms with E-state index in [2.05, 4.69) is 28.1 Å². The molecule has 106 valence electrons. The van der Waals surface area contributed by atoms with Gasteiger partial charge >= 0.3 is 0 Å². The second kappa shape index (κ2) is 7.27. The first-order valence-electron chi connectivity index (χ1n) is 6.98. The molecule has 0 amide bonds. The molecule has 1 aromatic rings. The summed E-state index contributed by atoms with van der Waals surface area (Å²) in [5.74, 6) is 1.06. The van der Waals surface area contributed by atoms with Crippen LogP contribution in [-0.2, 0) is 17.6 Å². The summed E-state index contributed by atoms with van der Waals surface area (Å²) in [6, 6.07) is 4.45. The number of hydrogen-bond donors (Lipinski definition) is 1. The summed E-state index contributed by atoms with van der Waals surface area (Å²) >= 11 is 3.56. The van der Waals surface area contributed by atoms with Crippen molar-refractivity contribution in [1.82, 2.24) is 0 Å². The van der Waals surface area contributed by atoms with Gasteiger partial charge in [-0.05, 0) is 49.4 Å². The van der Waals surface area contributed by atoms with Gasteiger partial charge in [-0.1, -0.05) is 15.9 Å². The average Bonchev–Trinajstić information content (AvgIpc) is 2.82. The summed E-state index contributed by atoms with van der Waals surface area (Å²) in [4.78, 5) is 0. The van der Waals surface area contributed by atoms with Crippen LogP contribution >= 0.6 is 15.9 Å². The lowest BCUT2D eigenvalue weighted by molar-refractivity contribution is 0.142. The van der Waals surface area contributed by atoms with Gasteiger partial charge < -0.3 is 15.2 Å². The third kappa shape index (κ3) is 4.20. The fourth-order valence-electron chi connectivity index (χ4n) is 2.47. The molecular weight excluding hydrogens is 306 g/mol. The maximum Gasteiger partial charge on any atom is 0.125 e. The minimum absolute atomic E-state index is 0.169. The Morgan fingerprint density at radius 3 is 3.11 bits per heavy atom. The zero-order chi connectivity index (χ0) is 13.7. The Morgan fingerprint density at radius 2 is 2.32 bits per heavy atom. The Balaban J connectivity index is 1.92. The van der Waals surface area contributed by atoms with Crippen LogP contribution in [-0.4, -0.2) is 25.9 Å². The van der Waals surface area contributed by atoms with Gasteiger partial charge in [-0.3, -0.25) is 0 Å². The molecule has 4 heteroatoms. The Hall–Kier alpha value is -0.580. The minimum Gasteiger partial charge on any atom is -0.493 e. The van der Waals surface area contributed by atoms with E-state index in [0.29, 0.717) is 0 Å². The van der Waals surface area contributed by atoms with E-state index in [1.165, 1.54) is 11.1 Å². The number of fused-ring (bicyclic) bond motifs is 1. The second-order valence-electron chi connectivity index (χ2n) is 4.95. The molecule has 0 spiro atoms. The zero-order valence-electron chi connectivity index (χ0n) is 11.5. The van der Waals surface area contributed by atoms with Crippen molar-refractivity contribution in [2.75, 3.05) is 19.8 Å². The predicted octanol–water partition coefficient (Wildman–Crippen LogP) is 3.07. The topological polar surface area (TPSA) is 44.5 Å². The van der Waals surface area contributed by atoms with E-state index < -0.39 is 0 Å². The van der Waals surface area contributed by atoms with Crippen molar-refractivity contribution in [3.63, 3.8) is 0 Å².